The summed E-state index contributed by atoms with van der Waals surface area (Å²) in [7, 11) is 0. The van der Waals surface area contributed by atoms with Gasteiger partial charge in [-0.2, -0.15) is 0 Å². The summed E-state index contributed by atoms with van der Waals surface area (Å²) in [6.07, 6.45) is 4.59. The third kappa shape index (κ3) is 2.75. The van der Waals surface area contributed by atoms with E-state index in [-0.39, 0.29) is 5.78 Å². The first-order valence-electron chi connectivity index (χ1n) is 7.70. The molecule has 2 nitrogen and oxygen atoms in total. The average molecular weight is 299 g/mol. The fourth-order valence-electron chi connectivity index (χ4n) is 2.95. The minimum Gasteiger partial charge on any atom is -0.377 e. The molecule has 1 aromatic carbocycles. The van der Waals surface area contributed by atoms with Crippen LogP contribution in [0.25, 0.3) is 0 Å². The summed E-state index contributed by atoms with van der Waals surface area (Å²) < 4.78 is 0. The molecule has 0 fully saturated rings. The molecular weight excluding hydrogens is 278 g/mol. The summed E-state index contributed by atoms with van der Waals surface area (Å²) >= 11 is 1.65. The topological polar surface area (TPSA) is 29.1 Å². The number of nitrogens with one attached hydrogen (secondary N) is 1. The van der Waals surface area contributed by atoms with Crippen LogP contribution in [0.3, 0.4) is 0 Å². The fraction of sp³-hybridized carbons (Fsp3) is 0.389. The van der Waals surface area contributed by atoms with Gasteiger partial charge in [-0.1, -0.05) is 29.8 Å². The third-order valence-corrected chi connectivity index (χ3v) is 5.31. The zero-order valence-electron chi connectivity index (χ0n) is 12.7. The number of hydrogen-bond acceptors (Lipinski definition) is 3. The van der Waals surface area contributed by atoms with E-state index < -0.39 is 0 Å². The number of carbonyl (C=O) groups is 1. The molecule has 1 aliphatic carbocycles. The predicted molar refractivity (Wildman–Crippen MR) is 89.7 cm³/mol. The summed E-state index contributed by atoms with van der Waals surface area (Å²) in [6.45, 7) is 5.06. The second-order valence-corrected chi connectivity index (χ2v) is 6.67. The van der Waals surface area contributed by atoms with Gasteiger partial charge in [0.1, 0.15) is 0 Å². The molecule has 1 aliphatic rings. The van der Waals surface area contributed by atoms with Gasteiger partial charge in [-0.05, 0) is 50.7 Å². The summed E-state index contributed by atoms with van der Waals surface area (Å²) in [5.74, 6) is 0.183. The first-order chi connectivity index (χ1) is 10.2. The van der Waals surface area contributed by atoms with E-state index in [0.717, 1.165) is 29.8 Å². The van der Waals surface area contributed by atoms with Crippen LogP contribution in [-0.2, 0) is 12.8 Å². The zero-order valence-corrected chi connectivity index (χ0v) is 13.5. The Morgan fingerprint density at radius 2 is 1.81 bits per heavy atom. The van der Waals surface area contributed by atoms with Gasteiger partial charge in [0, 0.05) is 12.1 Å². The lowest BCUT2D eigenvalue weighted by molar-refractivity contribution is 0.104. The molecule has 0 bridgehead atoms. The van der Waals surface area contributed by atoms with Crippen LogP contribution in [0.15, 0.2) is 24.3 Å². The van der Waals surface area contributed by atoms with Crippen molar-refractivity contribution in [3.8, 4) is 0 Å². The minimum atomic E-state index is 0.183. The number of benzene rings is 1. The number of rotatable bonds is 4. The second kappa shape index (κ2) is 6.02. The largest absolute Gasteiger partial charge is 0.377 e. The van der Waals surface area contributed by atoms with Gasteiger partial charge in [-0.15, -0.1) is 11.3 Å². The van der Waals surface area contributed by atoms with Crippen molar-refractivity contribution in [2.45, 2.75) is 39.5 Å². The normalized spacial score (nSPS) is 13.8. The smallest absolute Gasteiger partial charge is 0.203 e. The van der Waals surface area contributed by atoms with Crippen LogP contribution in [0, 0.1) is 6.92 Å². The zero-order chi connectivity index (χ0) is 14.8. The standard InChI is InChI=1S/C18H21NOS/c1-3-19-18-15-7-5-4-6-14(15)17(21-18)16(20)13-10-8-12(2)9-11-13/h8-11,19H,3-7H2,1-2H3. The maximum Gasteiger partial charge on any atom is 0.203 e. The van der Waals surface area contributed by atoms with E-state index in [9.17, 15) is 4.79 Å². The van der Waals surface area contributed by atoms with Gasteiger partial charge in [-0.25, -0.2) is 0 Å². The maximum atomic E-state index is 12.8. The Morgan fingerprint density at radius 1 is 1.14 bits per heavy atom. The molecule has 0 spiro atoms. The highest BCUT2D eigenvalue weighted by Gasteiger charge is 2.25. The van der Waals surface area contributed by atoms with Crippen LogP contribution in [0.4, 0.5) is 5.00 Å². The Kier molecular flexibility index (Phi) is 4.11. The van der Waals surface area contributed by atoms with E-state index in [1.165, 1.54) is 34.5 Å². The Labute approximate surface area is 130 Å². The van der Waals surface area contributed by atoms with Crippen LogP contribution in [-0.4, -0.2) is 12.3 Å². The predicted octanol–water partition coefficient (Wildman–Crippen LogP) is 4.60. The molecule has 0 atom stereocenters. The SMILES string of the molecule is CCNc1sc(C(=O)c2ccc(C)cc2)c2c1CCCC2. The van der Waals surface area contributed by atoms with Crippen molar-refractivity contribution in [1.82, 2.24) is 0 Å². The van der Waals surface area contributed by atoms with E-state index in [1.807, 2.05) is 31.2 Å². The van der Waals surface area contributed by atoms with Gasteiger partial charge in [0.05, 0.1) is 9.88 Å². The molecule has 1 N–H and O–H groups in total. The van der Waals surface area contributed by atoms with Crippen molar-refractivity contribution >= 4 is 22.1 Å². The molecule has 0 saturated heterocycles. The van der Waals surface area contributed by atoms with Gasteiger partial charge < -0.3 is 5.32 Å². The Hall–Kier alpha value is -1.61. The summed E-state index contributed by atoms with van der Waals surface area (Å²) in [4.78, 5) is 13.8. The molecule has 110 valence electrons. The second-order valence-electron chi connectivity index (χ2n) is 5.65. The summed E-state index contributed by atoms with van der Waals surface area (Å²) in [5, 5.41) is 4.65. The summed E-state index contributed by atoms with van der Waals surface area (Å²) in [5.41, 5.74) is 4.68. The molecule has 1 heterocycles. The molecular formula is C18H21NOS. The lowest BCUT2D eigenvalue weighted by atomic mass is 9.91. The van der Waals surface area contributed by atoms with Gasteiger partial charge in [-0.3, -0.25) is 4.79 Å². The van der Waals surface area contributed by atoms with Gasteiger partial charge in [0.15, 0.2) is 0 Å². The molecule has 0 saturated carbocycles. The van der Waals surface area contributed by atoms with Crippen LogP contribution in [0.1, 0.15) is 51.7 Å². The molecule has 3 heteroatoms. The van der Waals surface area contributed by atoms with Crippen molar-refractivity contribution in [2.75, 3.05) is 11.9 Å². The maximum absolute atomic E-state index is 12.8. The molecule has 0 unspecified atom stereocenters. The third-order valence-electron chi connectivity index (χ3n) is 4.08. The summed E-state index contributed by atoms with van der Waals surface area (Å²) in [6, 6.07) is 7.91. The number of fused-ring (bicyclic) bond motifs is 1. The molecule has 0 amide bonds. The van der Waals surface area contributed by atoms with E-state index in [4.69, 9.17) is 0 Å². The number of aryl methyl sites for hydroxylation is 1. The number of anilines is 1. The van der Waals surface area contributed by atoms with Crippen molar-refractivity contribution < 1.29 is 4.79 Å². The van der Waals surface area contributed by atoms with Crippen LogP contribution in [0.2, 0.25) is 0 Å². The molecule has 1 aromatic heterocycles. The fourth-order valence-corrected chi connectivity index (χ4v) is 4.28. The van der Waals surface area contributed by atoms with Crippen molar-refractivity contribution in [1.29, 1.82) is 0 Å². The highest BCUT2D eigenvalue weighted by atomic mass is 32.1. The van der Waals surface area contributed by atoms with Crippen molar-refractivity contribution in [2.24, 2.45) is 0 Å². The molecule has 0 aliphatic heterocycles. The molecule has 21 heavy (non-hydrogen) atoms. The highest BCUT2D eigenvalue weighted by molar-refractivity contribution is 7.18. The van der Waals surface area contributed by atoms with Gasteiger partial charge >= 0.3 is 0 Å². The lowest BCUT2D eigenvalue weighted by Crippen LogP contribution is -2.07. The average Bonchev–Trinajstić information content (AvgIpc) is 2.87. The number of ketones is 1. The number of carbonyl (C=O) groups excluding carboxylic acids is 1. The monoisotopic (exact) mass is 299 g/mol. The van der Waals surface area contributed by atoms with E-state index in [1.54, 1.807) is 11.3 Å². The number of thiophene rings is 1. The van der Waals surface area contributed by atoms with Crippen LogP contribution >= 0.6 is 11.3 Å². The first-order valence-corrected chi connectivity index (χ1v) is 8.52. The quantitative estimate of drug-likeness (QED) is 0.836. The Morgan fingerprint density at radius 3 is 2.48 bits per heavy atom. The highest BCUT2D eigenvalue weighted by Crippen LogP contribution is 2.39. The van der Waals surface area contributed by atoms with Crippen LogP contribution < -0.4 is 5.32 Å². The van der Waals surface area contributed by atoms with E-state index in [0.29, 0.717) is 0 Å². The Bertz CT molecular complexity index is 655. The Balaban J connectivity index is 2.01. The van der Waals surface area contributed by atoms with Crippen molar-refractivity contribution in [3.63, 3.8) is 0 Å². The molecule has 0 radical (unpaired) electrons. The minimum absolute atomic E-state index is 0.183. The van der Waals surface area contributed by atoms with E-state index in [2.05, 4.69) is 12.2 Å². The first kappa shape index (κ1) is 14.3. The van der Waals surface area contributed by atoms with Gasteiger partial charge in [0.2, 0.25) is 5.78 Å². The van der Waals surface area contributed by atoms with Crippen molar-refractivity contribution in [3.05, 3.63) is 51.4 Å². The van der Waals surface area contributed by atoms with Crippen LogP contribution in [0.5, 0.6) is 0 Å². The molecule has 2 aromatic rings. The van der Waals surface area contributed by atoms with E-state index >= 15 is 0 Å². The number of hydrogen-bond donors (Lipinski definition) is 1. The lowest BCUT2D eigenvalue weighted by Gasteiger charge is -2.14. The van der Waals surface area contributed by atoms with Gasteiger partial charge in [0.25, 0.3) is 0 Å². The molecule has 3 rings (SSSR count).